The van der Waals surface area contributed by atoms with E-state index in [1.54, 1.807) is 7.05 Å². The van der Waals surface area contributed by atoms with Gasteiger partial charge in [-0.05, 0) is 18.8 Å². The van der Waals surface area contributed by atoms with Gasteiger partial charge in [0, 0.05) is 7.05 Å². The van der Waals surface area contributed by atoms with Crippen LogP contribution in [0.25, 0.3) is 0 Å². The first-order chi connectivity index (χ1) is 7.94. The average molecular weight is 256 g/mol. The quantitative estimate of drug-likeness (QED) is 0.824. The van der Waals surface area contributed by atoms with Crippen LogP contribution < -0.4 is 5.73 Å². The van der Waals surface area contributed by atoms with E-state index in [9.17, 15) is 4.79 Å². The number of halogens is 1. The van der Waals surface area contributed by atoms with Gasteiger partial charge in [0.1, 0.15) is 5.69 Å². The first kappa shape index (κ1) is 12.6. The third-order valence-corrected chi connectivity index (χ3v) is 3.87. The minimum atomic E-state index is -0.769. The van der Waals surface area contributed by atoms with Crippen molar-refractivity contribution in [2.45, 2.75) is 38.1 Å². The summed E-state index contributed by atoms with van der Waals surface area (Å²) in [6.45, 7) is 2.14. The molecule has 0 aromatic carbocycles. The highest BCUT2D eigenvalue weighted by molar-refractivity contribution is 6.34. The Bertz CT molecular complexity index is 423. The number of hydrogen-bond donors (Lipinski definition) is 1. The van der Waals surface area contributed by atoms with Crippen molar-refractivity contribution in [3.63, 3.8) is 0 Å². The van der Waals surface area contributed by atoms with E-state index in [1.807, 2.05) is 0 Å². The zero-order chi connectivity index (χ0) is 12.6. The summed E-state index contributed by atoms with van der Waals surface area (Å²) in [5, 5.41) is 4.38. The van der Waals surface area contributed by atoms with Crippen LogP contribution in [0.15, 0.2) is 6.20 Å². The number of carbonyl (C=O) groups excluding carboxylic acids is 1. The van der Waals surface area contributed by atoms with Gasteiger partial charge in [-0.1, -0.05) is 31.4 Å². The molecule has 1 aromatic heterocycles. The Hall–Kier alpha value is -0.870. The predicted molar refractivity (Wildman–Crippen MR) is 67.1 cm³/mol. The molecule has 1 saturated carbocycles. The zero-order valence-corrected chi connectivity index (χ0v) is 11.0. The minimum Gasteiger partial charge on any atom is -0.319 e. The summed E-state index contributed by atoms with van der Waals surface area (Å²) in [7, 11) is 1.72. The molecule has 1 aliphatic carbocycles. The Labute approximate surface area is 106 Å². The first-order valence-electron chi connectivity index (χ1n) is 5.95. The summed E-state index contributed by atoms with van der Waals surface area (Å²) in [4.78, 5) is 12.5. The molecule has 4 nitrogen and oxygen atoms in total. The molecule has 17 heavy (non-hydrogen) atoms. The normalized spacial score (nSPS) is 29.3. The lowest BCUT2D eigenvalue weighted by Gasteiger charge is -2.35. The predicted octanol–water partition coefficient (Wildman–Crippen LogP) is 2.16. The molecule has 1 fully saturated rings. The van der Waals surface area contributed by atoms with Crippen molar-refractivity contribution >= 4 is 17.4 Å². The Kier molecular flexibility index (Phi) is 3.27. The van der Waals surface area contributed by atoms with E-state index in [4.69, 9.17) is 17.3 Å². The second-order valence-corrected chi connectivity index (χ2v) is 5.56. The van der Waals surface area contributed by atoms with Gasteiger partial charge in [0.05, 0.1) is 16.8 Å². The van der Waals surface area contributed by atoms with Crippen molar-refractivity contribution in [3.8, 4) is 0 Å². The molecule has 2 rings (SSSR count). The SMILES string of the molecule is CC1CCCC(N)(C(=O)c2c(Cl)cnn2C)C1. The lowest BCUT2D eigenvalue weighted by molar-refractivity contribution is 0.0809. The Morgan fingerprint density at radius 1 is 1.71 bits per heavy atom. The van der Waals surface area contributed by atoms with Crippen LogP contribution in [-0.4, -0.2) is 21.1 Å². The van der Waals surface area contributed by atoms with Crippen molar-refractivity contribution in [3.05, 3.63) is 16.9 Å². The molecule has 2 N–H and O–H groups in total. The molecule has 94 valence electrons. The molecular weight excluding hydrogens is 238 g/mol. The second-order valence-electron chi connectivity index (χ2n) is 5.15. The largest absolute Gasteiger partial charge is 0.319 e. The molecule has 0 bridgehead atoms. The smallest absolute Gasteiger partial charge is 0.202 e. The van der Waals surface area contributed by atoms with Gasteiger partial charge >= 0.3 is 0 Å². The maximum absolute atomic E-state index is 12.5. The van der Waals surface area contributed by atoms with Crippen LogP contribution in [0, 0.1) is 5.92 Å². The van der Waals surface area contributed by atoms with Crippen molar-refractivity contribution in [1.29, 1.82) is 0 Å². The van der Waals surface area contributed by atoms with Crippen LogP contribution in [0.1, 0.15) is 43.1 Å². The van der Waals surface area contributed by atoms with Crippen LogP contribution in [-0.2, 0) is 7.05 Å². The van der Waals surface area contributed by atoms with Crippen LogP contribution in [0.3, 0.4) is 0 Å². The summed E-state index contributed by atoms with van der Waals surface area (Å²) in [6.07, 6.45) is 5.10. The molecule has 0 amide bonds. The molecule has 1 heterocycles. The number of hydrogen-bond acceptors (Lipinski definition) is 3. The van der Waals surface area contributed by atoms with Gasteiger partial charge in [-0.25, -0.2) is 0 Å². The first-order valence-corrected chi connectivity index (χ1v) is 6.33. The van der Waals surface area contributed by atoms with Crippen LogP contribution in [0.4, 0.5) is 0 Å². The van der Waals surface area contributed by atoms with E-state index in [0.29, 0.717) is 16.6 Å². The molecule has 2 atom stereocenters. The van der Waals surface area contributed by atoms with Gasteiger partial charge in [0.25, 0.3) is 0 Å². The summed E-state index contributed by atoms with van der Waals surface area (Å²) in [5.74, 6) is 0.416. The molecule has 5 heteroatoms. The van der Waals surface area contributed by atoms with E-state index in [-0.39, 0.29) is 5.78 Å². The fourth-order valence-electron chi connectivity index (χ4n) is 2.70. The third-order valence-electron chi connectivity index (χ3n) is 3.59. The lowest BCUT2D eigenvalue weighted by Crippen LogP contribution is -2.51. The van der Waals surface area contributed by atoms with E-state index >= 15 is 0 Å². The Morgan fingerprint density at radius 2 is 2.41 bits per heavy atom. The second kappa shape index (κ2) is 4.42. The van der Waals surface area contributed by atoms with Crippen molar-refractivity contribution in [2.75, 3.05) is 0 Å². The number of aryl methyl sites for hydroxylation is 1. The molecule has 0 spiro atoms. The minimum absolute atomic E-state index is 0.0750. The van der Waals surface area contributed by atoms with E-state index in [2.05, 4.69) is 12.0 Å². The van der Waals surface area contributed by atoms with Gasteiger partial charge in [-0.3, -0.25) is 9.48 Å². The van der Waals surface area contributed by atoms with Gasteiger partial charge in [0.2, 0.25) is 5.78 Å². The number of nitrogens with zero attached hydrogens (tertiary/aromatic N) is 2. The van der Waals surface area contributed by atoms with E-state index in [0.717, 1.165) is 25.7 Å². The molecule has 1 aliphatic rings. The van der Waals surface area contributed by atoms with Crippen LogP contribution in [0.2, 0.25) is 5.02 Å². The van der Waals surface area contributed by atoms with Crippen LogP contribution in [0.5, 0.6) is 0 Å². The van der Waals surface area contributed by atoms with Crippen molar-refractivity contribution in [2.24, 2.45) is 18.7 Å². The van der Waals surface area contributed by atoms with Crippen molar-refractivity contribution in [1.82, 2.24) is 9.78 Å². The fraction of sp³-hybridized carbons (Fsp3) is 0.667. The molecule has 0 radical (unpaired) electrons. The topological polar surface area (TPSA) is 60.9 Å². The number of aromatic nitrogens is 2. The molecule has 0 aliphatic heterocycles. The number of ketones is 1. The summed E-state index contributed by atoms with van der Waals surface area (Å²) < 4.78 is 1.51. The standard InChI is InChI=1S/C12H18ClN3O/c1-8-4-3-5-12(14,6-8)11(17)10-9(13)7-15-16(10)2/h7-8H,3-6,14H2,1-2H3. The van der Waals surface area contributed by atoms with E-state index in [1.165, 1.54) is 10.9 Å². The lowest BCUT2D eigenvalue weighted by atomic mass is 9.74. The maximum atomic E-state index is 12.5. The van der Waals surface area contributed by atoms with Crippen molar-refractivity contribution < 1.29 is 4.79 Å². The highest BCUT2D eigenvalue weighted by atomic mass is 35.5. The van der Waals surface area contributed by atoms with Gasteiger partial charge in [-0.2, -0.15) is 5.10 Å². The maximum Gasteiger partial charge on any atom is 0.202 e. The number of nitrogens with two attached hydrogens (primary N) is 1. The Balaban J connectivity index is 2.31. The molecular formula is C12H18ClN3O. The monoisotopic (exact) mass is 255 g/mol. The Morgan fingerprint density at radius 3 is 2.94 bits per heavy atom. The summed E-state index contributed by atoms with van der Waals surface area (Å²) in [6, 6.07) is 0. The third kappa shape index (κ3) is 2.24. The molecule has 2 unspecified atom stereocenters. The average Bonchev–Trinajstić information content (AvgIpc) is 2.57. The van der Waals surface area contributed by atoms with E-state index < -0.39 is 5.54 Å². The molecule has 1 aromatic rings. The highest BCUT2D eigenvalue weighted by Gasteiger charge is 2.40. The fourth-order valence-corrected chi connectivity index (χ4v) is 2.95. The zero-order valence-electron chi connectivity index (χ0n) is 10.2. The van der Waals surface area contributed by atoms with Crippen LogP contribution >= 0.6 is 11.6 Å². The highest BCUT2D eigenvalue weighted by Crippen LogP contribution is 2.34. The number of rotatable bonds is 2. The van der Waals surface area contributed by atoms with Gasteiger partial charge in [0.15, 0.2) is 0 Å². The molecule has 0 saturated heterocycles. The van der Waals surface area contributed by atoms with Gasteiger partial charge in [-0.15, -0.1) is 0 Å². The number of carbonyl (C=O) groups is 1. The van der Waals surface area contributed by atoms with Gasteiger partial charge < -0.3 is 5.73 Å². The number of Topliss-reactive ketones (excluding diaryl/α,β-unsaturated/α-hetero) is 1. The summed E-state index contributed by atoms with van der Waals surface area (Å²) >= 11 is 6.00. The summed E-state index contributed by atoms with van der Waals surface area (Å²) in [5.41, 5.74) is 5.94.